The minimum atomic E-state index is -3.70. The number of hydrogen-bond donors (Lipinski definition) is 0. The molecule has 9 heteroatoms. The number of carbonyl (C=O) groups excluding carboxylic acids is 1. The van der Waals surface area contributed by atoms with Gasteiger partial charge in [0.05, 0.1) is 9.82 Å². The zero-order chi connectivity index (χ0) is 21.9. The number of rotatable bonds is 6. The van der Waals surface area contributed by atoms with Gasteiger partial charge in [0, 0.05) is 44.0 Å². The van der Waals surface area contributed by atoms with Gasteiger partial charge in [-0.05, 0) is 35.7 Å². The van der Waals surface area contributed by atoms with Gasteiger partial charge in [-0.15, -0.1) is 0 Å². The summed E-state index contributed by atoms with van der Waals surface area (Å²) in [6, 6.07) is 12.9. The van der Waals surface area contributed by atoms with Crippen molar-refractivity contribution in [2.75, 3.05) is 36.8 Å². The molecule has 2 aromatic rings. The lowest BCUT2D eigenvalue weighted by Crippen LogP contribution is -2.50. The first kappa shape index (κ1) is 21.8. The molecule has 0 radical (unpaired) electrons. The maximum Gasteiger partial charge on any atom is 0.269 e. The van der Waals surface area contributed by atoms with E-state index in [1.54, 1.807) is 41.3 Å². The van der Waals surface area contributed by atoms with Gasteiger partial charge in [-0.1, -0.05) is 26.0 Å². The normalized spacial score (nSPS) is 14.8. The summed E-state index contributed by atoms with van der Waals surface area (Å²) in [6.07, 6.45) is 0. The summed E-state index contributed by atoms with van der Waals surface area (Å²) in [7, 11) is -3.70. The van der Waals surface area contributed by atoms with Crippen LogP contribution in [0.25, 0.3) is 0 Å². The zero-order valence-corrected chi connectivity index (χ0v) is 17.8. The highest BCUT2D eigenvalue weighted by atomic mass is 32.2. The van der Waals surface area contributed by atoms with E-state index in [1.165, 1.54) is 12.1 Å². The van der Waals surface area contributed by atoms with E-state index in [2.05, 4.69) is 0 Å². The minimum absolute atomic E-state index is 0.0270. The summed E-state index contributed by atoms with van der Waals surface area (Å²) in [5.74, 6) is -0.660. The van der Waals surface area contributed by atoms with Crippen molar-refractivity contribution in [3.05, 3.63) is 64.2 Å². The van der Waals surface area contributed by atoms with Gasteiger partial charge < -0.3 is 9.80 Å². The Bertz CT molecular complexity index is 1010. The third kappa shape index (κ3) is 4.96. The quantitative estimate of drug-likeness (QED) is 0.515. The summed E-state index contributed by atoms with van der Waals surface area (Å²) in [5, 5.41) is 10.8. The molecule has 160 valence electrons. The summed E-state index contributed by atoms with van der Waals surface area (Å²) in [4.78, 5) is 26.6. The van der Waals surface area contributed by atoms with Gasteiger partial charge in [-0.3, -0.25) is 14.9 Å². The number of nitro groups is 1. The van der Waals surface area contributed by atoms with Gasteiger partial charge in [-0.2, -0.15) is 0 Å². The summed E-state index contributed by atoms with van der Waals surface area (Å²) < 4.78 is 25.3. The van der Waals surface area contributed by atoms with Crippen molar-refractivity contribution in [1.29, 1.82) is 0 Å². The summed E-state index contributed by atoms with van der Waals surface area (Å²) in [6.45, 7) is 5.93. The predicted octanol–water partition coefficient (Wildman–Crippen LogP) is 2.84. The van der Waals surface area contributed by atoms with E-state index in [0.29, 0.717) is 32.1 Å². The average Bonchev–Trinajstić information content (AvgIpc) is 2.73. The second kappa shape index (κ2) is 8.83. The molecule has 0 N–H and O–H groups in total. The van der Waals surface area contributed by atoms with E-state index < -0.39 is 26.4 Å². The zero-order valence-electron chi connectivity index (χ0n) is 17.0. The molecular weight excluding hydrogens is 406 g/mol. The fraction of sp³-hybridized carbons (Fsp3) is 0.381. The van der Waals surface area contributed by atoms with E-state index in [4.69, 9.17) is 0 Å². The molecule has 0 aromatic heterocycles. The lowest BCUT2D eigenvalue weighted by molar-refractivity contribution is -0.384. The van der Waals surface area contributed by atoms with Gasteiger partial charge in [0.15, 0.2) is 9.84 Å². The van der Waals surface area contributed by atoms with Crippen LogP contribution < -0.4 is 4.90 Å². The Morgan fingerprint density at radius 3 is 2.07 bits per heavy atom. The van der Waals surface area contributed by atoms with Gasteiger partial charge >= 0.3 is 0 Å². The molecule has 2 aromatic carbocycles. The number of anilines is 1. The van der Waals surface area contributed by atoms with Crippen LogP contribution in [0.4, 0.5) is 11.4 Å². The first-order chi connectivity index (χ1) is 14.2. The molecule has 1 fully saturated rings. The maximum absolute atomic E-state index is 12.6. The smallest absolute Gasteiger partial charge is 0.269 e. The van der Waals surface area contributed by atoms with Crippen LogP contribution in [0.15, 0.2) is 53.4 Å². The summed E-state index contributed by atoms with van der Waals surface area (Å²) >= 11 is 0. The number of benzene rings is 2. The van der Waals surface area contributed by atoms with Crippen molar-refractivity contribution in [2.45, 2.75) is 24.7 Å². The average molecular weight is 432 g/mol. The number of nitro benzene ring substituents is 1. The molecule has 1 amide bonds. The number of carbonyl (C=O) groups is 1. The standard InChI is InChI=1S/C21H25N3O5S/c1-16(2)17-3-9-20(10-4-17)30(28,29)15-21(25)23-13-11-22(12-14-23)18-5-7-19(8-6-18)24(26)27/h3-10,16H,11-15H2,1-2H3. The summed E-state index contributed by atoms with van der Waals surface area (Å²) in [5.41, 5.74) is 1.91. The number of sulfone groups is 1. The lowest BCUT2D eigenvalue weighted by Gasteiger charge is -2.36. The van der Waals surface area contributed by atoms with Crippen LogP contribution in [0.5, 0.6) is 0 Å². The number of piperazine rings is 1. The minimum Gasteiger partial charge on any atom is -0.368 e. The van der Waals surface area contributed by atoms with Crippen LogP contribution in [-0.2, 0) is 14.6 Å². The number of amides is 1. The molecule has 0 spiro atoms. The Morgan fingerprint density at radius 2 is 1.57 bits per heavy atom. The molecule has 0 saturated carbocycles. The molecule has 1 heterocycles. The molecule has 0 aliphatic carbocycles. The first-order valence-corrected chi connectivity index (χ1v) is 11.4. The highest BCUT2D eigenvalue weighted by Gasteiger charge is 2.26. The lowest BCUT2D eigenvalue weighted by atomic mass is 10.0. The third-order valence-corrected chi connectivity index (χ3v) is 6.89. The molecule has 1 saturated heterocycles. The fourth-order valence-corrected chi connectivity index (χ4v) is 4.62. The Balaban J connectivity index is 1.58. The van der Waals surface area contributed by atoms with E-state index in [-0.39, 0.29) is 10.6 Å². The molecule has 8 nitrogen and oxygen atoms in total. The van der Waals surface area contributed by atoms with E-state index in [9.17, 15) is 23.3 Å². The Hall–Kier alpha value is -2.94. The molecule has 3 rings (SSSR count). The van der Waals surface area contributed by atoms with Crippen molar-refractivity contribution >= 4 is 27.1 Å². The first-order valence-electron chi connectivity index (χ1n) is 9.77. The van der Waals surface area contributed by atoms with Crippen molar-refractivity contribution in [1.82, 2.24) is 4.90 Å². The largest absolute Gasteiger partial charge is 0.368 e. The van der Waals surface area contributed by atoms with Crippen molar-refractivity contribution < 1.29 is 18.1 Å². The number of hydrogen-bond acceptors (Lipinski definition) is 6. The molecule has 1 aliphatic heterocycles. The maximum atomic E-state index is 12.6. The SMILES string of the molecule is CC(C)c1ccc(S(=O)(=O)CC(=O)N2CCN(c3ccc([N+](=O)[O-])cc3)CC2)cc1. The van der Waals surface area contributed by atoms with Gasteiger partial charge in [0.1, 0.15) is 5.75 Å². The second-order valence-corrected chi connectivity index (χ2v) is 9.61. The van der Waals surface area contributed by atoms with Crippen LogP contribution in [-0.4, -0.2) is 56.1 Å². The van der Waals surface area contributed by atoms with Gasteiger partial charge in [-0.25, -0.2) is 8.42 Å². The van der Waals surface area contributed by atoms with Crippen LogP contribution in [0.2, 0.25) is 0 Å². The molecule has 0 bridgehead atoms. The Kier molecular flexibility index (Phi) is 6.40. The van der Waals surface area contributed by atoms with E-state index in [0.717, 1.165) is 11.3 Å². The highest BCUT2D eigenvalue weighted by Crippen LogP contribution is 2.22. The third-order valence-electron chi connectivity index (χ3n) is 5.28. The van der Waals surface area contributed by atoms with Crippen molar-refractivity contribution in [3.8, 4) is 0 Å². The molecule has 30 heavy (non-hydrogen) atoms. The van der Waals surface area contributed by atoms with Crippen LogP contribution in [0, 0.1) is 10.1 Å². The van der Waals surface area contributed by atoms with E-state index in [1.807, 2.05) is 18.7 Å². The number of nitrogens with zero attached hydrogens (tertiary/aromatic N) is 3. The Labute approximate surface area is 176 Å². The Morgan fingerprint density at radius 1 is 1.00 bits per heavy atom. The predicted molar refractivity (Wildman–Crippen MR) is 114 cm³/mol. The van der Waals surface area contributed by atoms with Gasteiger partial charge in [0.2, 0.25) is 5.91 Å². The number of non-ortho nitro benzene ring substituents is 1. The van der Waals surface area contributed by atoms with Gasteiger partial charge in [0.25, 0.3) is 5.69 Å². The van der Waals surface area contributed by atoms with Crippen molar-refractivity contribution in [3.63, 3.8) is 0 Å². The molecule has 0 unspecified atom stereocenters. The molecular formula is C21H25N3O5S. The topological polar surface area (TPSA) is 101 Å². The fourth-order valence-electron chi connectivity index (χ4n) is 3.40. The second-order valence-electron chi connectivity index (χ2n) is 7.62. The van der Waals surface area contributed by atoms with Crippen molar-refractivity contribution in [2.24, 2.45) is 0 Å². The van der Waals surface area contributed by atoms with Crippen LogP contribution >= 0.6 is 0 Å². The van der Waals surface area contributed by atoms with E-state index >= 15 is 0 Å². The van der Waals surface area contributed by atoms with Crippen LogP contribution in [0.1, 0.15) is 25.3 Å². The molecule has 0 atom stereocenters. The molecule has 1 aliphatic rings. The highest BCUT2D eigenvalue weighted by molar-refractivity contribution is 7.92. The van der Waals surface area contributed by atoms with Crippen LogP contribution in [0.3, 0.4) is 0 Å². The monoisotopic (exact) mass is 431 g/mol.